The quantitative estimate of drug-likeness (QED) is 0.844. The van der Waals surface area contributed by atoms with Gasteiger partial charge in [0.2, 0.25) is 0 Å². The molecule has 1 rings (SSSR count). The Bertz CT molecular complexity index is 352. The summed E-state index contributed by atoms with van der Waals surface area (Å²) < 4.78 is 13.2. The average molecular weight is 244 g/mol. The second kappa shape index (κ2) is 5.65. The van der Waals surface area contributed by atoms with Crippen LogP contribution in [0.25, 0.3) is 0 Å². The van der Waals surface area contributed by atoms with E-state index in [-0.39, 0.29) is 17.8 Å². The van der Waals surface area contributed by atoms with Crippen LogP contribution >= 0.6 is 11.6 Å². The number of hydrogen-bond donors (Lipinski definition) is 1. The fraction of sp³-hybridized carbons (Fsp3) is 0.538. The molecule has 3 heteroatoms. The first-order valence-electron chi connectivity index (χ1n) is 5.62. The van der Waals surface area contributed by atoms with Crippen molar-refractivity contribution in [2.45, 2.75) is 45.7 Å². The third kappa shape index (κ3) is 3.46. The van der Waals surface area contributed by atoms with Crippen LogP contribution in [0.1, 0.15) is 39.2 Å². The molecule has 1 aromatic rings. The zero-order valence-corrected chi connectivity index (χ0v) is 11.0. The maximum absolute atomic E-state index is 13.2. The van der Waals surface area contributed by atoms with Crippen molar-refractivity contribution in [3.05, 3.63) is 34.6 Å². The lowest BCUT2D eigenvalue weighted by Crippen LogP contribution is -2.36. The fourth-order valence-corrected chi connectivity index (χ4v) is 2.09. The molecular formula is C13H19ClFN. The van der Waals surface area contributed by atoms with Crippen LogP contribution in [0.5, 0.6) is 0 Å². The van der Waals surface area contributed by atoms with E-state index < -0.39 is 0 Å². The van der Waals surface area contributed by atoms with E-state index >= 15 is 0 Å². The van der Waals surface area contributed by atoms with Crippen molar-refractivity contribution in [1.82, 2.24) is 5.32 Å². The Kier molecular flexibility index (Phi) is 4.75. The highest BCUT2D eigenvalue weighted by atomic mass is 35.5. The molecule has 0 spiro atoms. The van der Waals surface area contributed by atoms with E-state index in [2.05, 4.69) is 33.0 Å². The van der Waals surface area contributed by atoms with Gasteiger partial charge >= 0.3 is 0 Å². The molecule has 0 saturated heterocycles. The summed E-state index contributed by atoms with van der Waals surface area (Å²) in [7, 11) is 0. The molecule has 2 unspecified atom stereocenters. The summed E-state index contributed by atoms with van der Waals surface area (Å²) >= 11 is 6.08. The van der Waals surface area contributed by atoms with Crippen molar-refractivity contribution in [3.63, 3.8) is 0 Å². The van der Waals surface area contributed by atoms with Gasteiger partial charge in [-0.1, -0.05) is 32.4 Å². The predicted molar refractivity (Wildman–Crippen MR) is 67.6 cm³/mol. The largest absolute Gasteiger partial charge is 0.311 e. The van der Waals surface area contributed by atoms with Gasteiger partial charge in [-0.25, -0.2) is 4.39 Å². The molecule has 1 aromatic carbocycles. The molecule has 0 aliphatic carbocycles. The third-order valence-electron chi connectivity index (χ3n) is 2.79. The first kappa shape index (κ1) is 13.5. The van der Waals surface area contributed by atoms with Gasteiger partial charge in [0.25, 0.3) is 0 Å². The highest BCUT2D eigenvalue weighted by Gasteiger charge is 2.17. The van der Waals surface area contributed by atoms with Gasteiger partial charge in [0, 0.05) is 17.1 Å². The second-order valence-electron chi connectivity index (χ2n) is 4.56. The molecule has 0 aromatic heterocycles. The Labute approximate surface area is 102 Å². The van der Waals surface area contributed by atoms with Crippen molar-refractivity contribution >= 4 is 11.6 Å². The minimum absolute atomic E-state index is 0.186. The second-order valence-corrected chi connectivity index (χ2v) is 4.97. The summed E-state index contributed by atoms with van der Waals surface area (Å²) in [5.74, 6) is -0.0476. The number of hydrogen-bond acceptors (Lipinski definition) is 1. The predicted octanol–water partition coefficient (Wildman–Crippen LogP) is 3.97. The Morgan fingerprint density at radius 1 is 1.19 bits per heavy atom. The average Bonchev–Trinajstić information content (AvgIpc) is 2.19. The molecule has 1 N–H and O–H groups in total. The fourth-order valence-electron chi connectivity index (χ4n) is 1.80. The molecule has 2 atom stereocenters. The van der Waals surface area contributed by atoms with Crippen molar-refractivity contribution in [2.24, 2.45) is 0 Å². The molecule has 0 amide bonds. The number of benzene rings is 1. The lowest BCUT2D eigenvalue weighted by molar-refractivity contribution is 0.438. The first-order chi connectivity index (χ1) is 7.41. The minimum atomic E-state index is -0.233. The minimum Gasteiger partial charge on any atom is -0.311 e. The van der Waals surface area contributed by atoms with E-state index in [1.165, 1.54) is 12.1 Å². The van der Waals surface area contributed by atoms with Crippen molar-refractivity contribution in [1.29, 1.82) is 0 Å². The van der Waals surface area contributed by atoms with Gasteiger partial charge in [0.15, 0.2) is 0 Å². The van der Waals surface area contributed by atoms with Crippen molar-refractivity contribution < 1.29 is 4.39 Å². The summed E-state index contributed by atoms with van der Waals surface area (Å²) in [6, 6.07) is 5.19. The van der Waals surface area contributed by atoms with Gasteiger partial charge in [0.05, 0.1) is 0 Å². The van der Waals surface area contributed by atoms with Crippen LogP contribution in [0, 0.1) is 5.82 Å². The molecule has 0 radical (unpaired) electrons. The summed E-state index contributed by atoms with van der Waals surface area (Å²) in [5, 5.41) is 4.04. The molecule has 16 heavy (non-hydrogen) atoms. The van der Waals surface area contributed by atoms with Gasteiger partial charge in [-0.05, 0) is 36.6 Å². The van der Waals surface area contributed by atoms with Crippen LogP contribution in [0.4, 0.5) is 4.39 Å². The van der Waals surface area contributed by atoms with Crippen LogP contribution in [-0.2, 0) is 0 Å². The Balaban J connectivity index is 2.86. The molecule has 90 valence electrons. The Morgan fingerprint density at radius 2 is 1.81 bits per heavy atom. The zero-order valence-electron chi connectivity index (χ0n) is 10.2. The van der Waals surface area contributed by atoms with Gasteiger partial charge in [-0.15, -0.1) is 0 Å². The SMILES string of the molecule is CC(C)NC(C)C(C)c1cc(F)ccc1Cl. The number of nitrogens with one attached hydrogen (secondary N) is 1. The lowest BCUT2D eigenvalue weighted by Gasteiger charge is -2.24. The van der Waals surface area contributed by atoms with E-state index in [9.17, 15) is 4.39 Å². The van der Waals surface area contributed by atoms with E-state index in [0.29, 0.717) is 11.1 Å². The summed E-state index contributed by atoms with van der Waals surface area (Å²) in [6.07, 6.45) is 0. The third-order valence-corrected chi connectivity index (χ3v) is 3.14. The van der Waals surface area contributed by atoms with E-state index in [0.717, 1.165) is 5.56 Å². The van der Waals surface area contributed by atoms with Crippen LogP contribution in [-0.4, -0.2) is 12.1 Å². The first-order valence-corrected chi connectivity index (χ1v) is 6.00. The molecule has 0 heterocycles. The normalized spacial score (nSPS) is 15.2. The summed E-state index contributed by atoms with van der Waals surface area (Å²) in [5.41, 5.74) is 0.863. The van der Waals surface area contributed by atoms with Crippen LogP contribution < -0.4 is 5.32 Å². The topological polar surface area (TPSA) is 12.0 Å². The smallest absolute Gasteiger partial charge is 0.123 e. The maximum Gasteiger partial charge on any atom is 0.123 e. The number of halogens is 2. The van der Waals surface area contributed by atoms with Crippen LogP contribution in [0.3, 0.4) is 0 Å². The van der Waals surface area contributed by atoms with E-state index in [1.54, 1.807) is 6.07 Å². The summed E-state index contributed by atoms with van der Waals surface area (Å²) in [4.78, 5) is 0. The van der Waals surface area contributed by atoms with Gasteiger partial charge < -0.3 is 5.32 Å². The molecular weight excluding hydrogens is 225 g/mol. The van der Waals surface area contributed by atoms with Crippen LogP contribution in [0.2, 0.25) is 5.02 Å². The van der Waals surface area contributed by atoms with Gasteiger partial charge in [0.1, 0.15) is 5.82 Å². The van der Waals surface area contributed by atoms with Crippen molar-refractivity contribution in [3.8, 4) is 0 Å². The van der Waals surface area contributed by atoms with Crippen LogP contribution in [0.15, 0.2) is 18.2 Å². The zero-order chi connectivity index (χ0) is 12.3. The maximum atomic E-state index is 13.2. The molecule has 0 aliphatic rings. The highest BCUT2D eigenvalue weighted by Crippen LogP contribution is 2.27. The summed E-state index contributed by atoms with van der Waals surface area (Å²) in [6.45, 7) is 8.33. The lowest BCUT2D eigenvalue weighted by atomic mass is 9.94. The van der Waals surface area contributed by atoms with E-state index in [1.807, 2.05) is 0 Å². The standard InChI is InChI=1S/C13H19ClFN/c1-8(2)16-10(4)9(3)12-7-11(15)5-6-13(12)14/h5-10,16H,1-4H3. The number of rotatable bonds is 4. The van der Waals surface area contributed by atoms with Crippen molar-refractivity contribution in [2.75, 3.05) is 0 Å². The van der Waals surface area contributed by atoms with Gasteiger partial charge in [-0.3, -0.25) is 0 Å². The highest BCUT2D eigenvalue weighted by molar-refractivity contribution is 6.31. The van der Waals surface area contributed by atoms with E-state index in [4.69, 9.17) is 11.6 Å². The molecule has 0 fully saturated rings. The Morgan fingerprint density at radius 3 is 2.38 bits per heavy atom. The molecule has 0 aliphatic heterocycles. The Hall–Kier alpha value is -0.600. The monoisotopic (exact) mass is 243 g/mol. The van der Waals surface area contributed by atoms with Gasteiger partial charge in [-0.2, -0.15) is 0 Å². The molecule has 1 nitrogen and oxygen atoms in total. The molecule has 0 bridgehead atoms. The molecule has 0 saturated carbocycles.